The second-order valence-electron chi connectivity index (χ2n) is 5.15. The van der Waals surface area contributed by atoms with E-state index >= 15 is 0 Å². The molecule has 0 spiro atoms. The lowest BCUT2D eigenvalue weighted by molar-refractivity contribution is 0.0896. The molecule has 4 nitrogen and oxygen atoms in total. The van der Waals surface area contributed by atoms with Crippen LogP contribution in [0.4, 0.5) is 5.69 Å². The average molecular weight is 320 g/mol. The maximum atomic E-state index is 12.1. The molecule has 0 aliphatic carbocycles. The lowest BCUT2D eigenvalue weighted by Crippen LogP contribution is -2.47. The van der Waals surface area contributed by atoms with E-state index in [4.69, 9.17) is 5.73 Å². The number of likely N-dealkylation sites (tertiary alicyclic amines) is 1. The van der Waals surface area contributed by atoms with Gasteiger partial charge >= 0.3 is 0 Å². The van der Waals surface area contributed by atoms with E-state index in [0.717, 1.165) is 19.4 Å². The zero-order valence-electron chi connectivity index (χ0n) is 11.8. The van der Waals surface area contributed by atoms with Gasteiger partial charge in [0.05, 0.1) is 0 Å². The van der Waals surface area contributed by atoms with Gasteiger partial charge in [-0.25, -0.2) is 0 Å². The minimum absolute atomic E-state index is 0. The number of benzene rings is 1. The number of nitrogen functional groups attached to an aromatic ring is 1. The zero-order chi connectivity index (χ0) is 13.1. The van der Waals surface area contributed by atoms with Gasteiger partial charge in [0.1, 0.15) is 0 Å². The van der Waals surface area contributed by atoms with Crippen LogP contribution in [0.2, 0.25) is 0 Å². The van der Waals surface area contributed by atoms with Crippen LogP contribution in [0.15, 0.2) is 24.3 Å². The molecule has 3 N–H and O–H groups in total. The molecular weight excluding hydrogens is 297 g/mol. The number of hydrogen-bond acceptors (Lipinski definition) is 3. The zero-order valence-corrected chi connectivity index (χ0v) is 13.5. The quantitative estimate of drug-likeness (QED) is 0.822. The van der Waals surface area contributed by atoms with Crippen molar-refractivity contribution in [2.45, 2.75) is 31.8 Å². The number of halogens is 2. The second-order valence-corrected chi connectivity index (χ2v) is 5.15. The van der Waals surface area contributed by atoms with E-state index in [0.29, 0.717) is 17.3 Å². The molecule has 2 rings (SSSR count). The van der Waals surface area contributed by atoms with Gasteiger partial charge in [-0.3, -0.25) is 4.79 Å². The molecule has 1 aromatic carbocycles. The number of amides is 1. The van der Waals surface area contributed by atoms with Crippen molar-refractivity contribution >= 4 is 36.4 Å². The highest BCUT2D eigenvalue weighted by atomic mass is 35.5. The molecule has 0 bridgehead atoms. The Morgan fingerprint density at radius 1 is 1.40 bits per heavy atom. The molecule has 1 fully saturated rings. The maximum Gasteiger partial charge on any atom is 0.251 e. The summed E-state index contributed by atoms with van der Waals surface area (Å²) in [6.45, 7) is 3.22. The third-order valence-electron chi connectivity index (χ3n) is 3.69. The van der Waals surface area contributed by atoms with Gasteiger partial charge in [0, 0.05) is 29.9 Å². The van der Waals surface area contributed by atoms with Crippen molar-refractivity contribution in [1.29, 1.82) is 0 Å². The van der Waals surface area contributed by atoms with E-state index in [2.05, 4.69) is 24.2 Å². The fourth-order valence-corrected chi connectivity index (χ4v) is 2.37. The van der Waals surface area contributed by atoms with Gasteiger partial charge < -0.3 is 16.0 Å². The lowest BCUT2D eigenvalue weighted by atomic mass is 9.98. The summed E-state index contributed by atoms with van der Waals surface area (Å²) >= 11 is 0. The number of piperidine rings is 1. The SMILES string of the molecule is CC1CC(NC(=O)c2cccc(N)c2)CCN1C.Cl.Cl. The molecule has 1 aliphatic heterocycles. The number of nitrogens with zero attached hydrogens (tertiary/aromatic N) is 1. The number of carbonyl (C=O) groups is 1. The second kappa shape index (κ2) is 8.35. The third-order valence-corrected chi connectivity index (χ3v) is 3.69. The first-order chi connectivity index (χ1) is 8.56. The Hall–Kier alpha value is -0.970. The van der Waals surface area contributed by atoms with Crippen LogP contribution in [-0.2, 0) is 0 Å². The van der Waals surface area contributed by atoms with Crippen molar-refractivity contribution in [3.63, 3.8) is 0 Å². The summed E-state index contributed by atoms with van der Waals surface area (Å²) in [6, 6.07) is 7.89. The summed E-state index contributed by atoms with van der Waals surface area (Å²) in [4.78, 5) is 14.4. The molecule has 20 heavy (non-hydrogen) atoms. The topological polar surface area (TPSA) is 58.4 Å². The van der Waals surface area contributed by atoms with Gasteiger partial charge in [-0.1, -0.05) is 6.07 Å². The van der Waals surface area contributed by atoms with Crippen LogP contribution in [-0.4, -0.2) is 36.5 Å². The summed E-state index contributed by atoms with van der Waals surface area (Å²) in [6.07, 6.45) is 2.01. The number of rotatable bonds is 2. The standard InChI is InChI=1S/C14H21N3O.2ClH/c1-10-8-13(6-7-17(10)2)16-14(18)11-4-3-5-12(15)9-11;;/h3-5,9-10,13H,6-8,15H2,1-2H3,(H,16,18);2*1H. The van der Waals surface area contributed by atoms with Gasteiger partial charge in [0.2, 0.25) is 0 Å². The molecule has 0 saturated carbocycles. The predicted molar refractivity (Wildman–Crippen MR) is 87.9 cm³/mol. The minimum Gasteiger partial charge on any atom is -0.399 e. The Morgan fingerprint density at radius 2 is 2.10 bits per heavy atom. The van der Waals surface area contributed by atoms with Crippen molar-refractivity contribution in [3.05, 3.63) is 29.8 Å². The highest BCUT2D eigenvalue weighted by molar-refractivity contribution is 5.95. The van der Waals surface area contributed by atoms with E-state index in [1.165, 1.54) is 0 Å². The summed E-state index contributed by atoms with van der Waals surface area (Å²) in [5, 5.41) is 3.09. The molecule has 1 heterocycles. The Balaban J connectivity index is 0.00000180. The van der Waals surface area contributed by atoms with Crippen LogP contribution in [0.3, 0.4) is 0 Å². The molecule has 2 atom stereocenters. The summed E-state index contributed by atoms with van der Waals surface area (Å²) < 4.78 is 0. The molecule has 1 aromatic rings. The lowest BCUT2D eigenvalue weighted by Gasteiger charge is -2.35. The minimum atomic E-state index is -0.0240. The first-order valence-electron chi connectivity index (χ1n) is 6.43. The van der Waals surface area contributed by atoms with Crippen LogP contribution in [0.5, 0.6) is 0 Å². The number of anilines is 1. The van der Waals surface area contributed by atoms with Crippen LogP contribution >= 0.6 is 24.8 Å². The molecular formula is C14H23Cl2N3O. The van der Waals surface area contributed by atoms with Crippen molar-refractivity contribution in [1.82, 2.24) is 10.2 Å². The highest BCUT2D eigenvalue weighted by Crippen LogP contribution is 2.16. The van der Waals surface area contributed by atoms with Crippen molar-refractivity contribution in [2.24, 2.45) is 0 Å². The van der Waals surface area contributed by atoms with E-state index in [1.54, 1.807) is 18.2 Å². The fraction of sp³-hybridized carbons (Fsp3) is 0.500. The molecule has 6 heteroatoms. The van der Waals surface area contributed by atoms with Crippen molar-refractivity contribution in [3.8, 4) is 0 Å². The Morgan fingerprint density at radius 3 is 2.70 bits per heavy atom. The van der Waals surface area contributed by atoms with E-state index in [-0.39, 0.29) is 36.8 Å². The molecule has 114 valence electrons. The predicted octanol–water partition coefficient (Wildman–Crippen LogP) is 2.32. The number of nitrogens with two attached hydrogens (primary N) is 1. The largest absolute Gasteiger partial charge is 0.399 e. The van der Waals surface area contributed by atoms with Crippen LogP contribution < -0.4 is 11.1 Å². The Kier molecular flexibility index (Phi) is 7.94. The summed E-state index contributed by atoms with van der Waals surface area (Å²) in [5.41, 5.74) is 6.95. The Bertz CT molecular complexity index is 442. The Labute approximate surface area is 132 Å². The van der Waals surface area contributed by atoms with Gasteiger partial charge in [-0.05, 0) is 45.0 Å². The van der Waals surface area contributed by atoms with E-state index in [1.807, 2.05) is 6.07 Å². The molecule has 1 saturated heterocycles. The molecule has 2 unspecified atom stereocenters. The van der Waals surface area contributed by atoms with Gasteiger partial charge in [-0.15, -0.1) is 24.8 Å². The number of carbonyl (C=O) groups excluding carboxylic acids is 1. The molecule has 1 amide bonds. The van der Waals surface area contributed by atoms with Crippen molar-refractivity contribution in [2.75, 3.05) is 19.3 Å². The normalized spacial score (nSPS) is 22.3. The van der Waals surface area contributed by atoms with Gasteiger partial charge in [-0.2, -0.15) is 0 Å². The van der Waals surface area contributed by atoms with E-state index < -0.39 is 0 Å². The number of nitrogens with one attached hydrogen (secondary N) is 1. The first-order valence-corrected chi connectivity index (χ1v) is 6.43. The summed E-state index contributed by atoms with van der Waals surface area (Å²) in [7, 11) is 2.13. The smallest absolute Gasteiger partial charge is 0.251 e. The van der Waals surface area contributed by atoms with E-state index in [9.17, 15) is 4.79 Å². The molecule has 0 aromatic heterocycles. The monoisotopic (exact) mass is 319 g/mol. The van der Waals surface area contributed by atoms with Gasteiger partial charge in [0.15, 0.2) is 0 Å². The van der Waals surface area contributed by atoms with Crippen LogP contribution in [0.25, 0.3) is 0 Å². The number of hydrogen-bond donors (Lipinski definition) is 2. The van der Waals surface area contributed by atoms with Crippen LogP contribution in [0, 0.1) is 0 Å². The van der Waals surface area contributed by atoms with Crippen LogP contribution in [0.1, 0.15) is 30.1 Å². The highest BCUT2D eigenvalue weighted by Gasteiger charge is 2.24. The first kappa shape index (κ1) is 19.0. The molecule has 0 radical (unpaired) electrons. The fourth-order valence-electron chi connectivity index (χ4n) is 2.37. The van der Waals surface area contributed by atoms with Crippen molar-refractivity contribution < 1.29 is 4.79 Å². The third kappa shape index (κ3) is 4.85. The average Bonchev–Trinajstić information content (AvgIpc) is 2.34. The maximum absolute atomic E-state index is 12.1. The molecule has 1 aliphatic rings. The summed E-state index contributed by atoms with van der Waals surface area (Å²) in [5.74, 6) is -0.0240. The van der Waals surface area contributed by atoms with Gasteiger partial charge in [0.25, 0.3) is 5.91 Å².